The molecule has 0 spiro atoms. The predicted molar refractivity (Wildman–Crippen MR) is 89.5 cm³/mol. The van der Waals surface area contributed by atoms with Crippen LogP contribution in [-0.2, 0) is 6.67 Å². The minimum atomic E-state index is -0.424. The molecule has 0 amide bonds. The van der Waals surface area contributed by atoms with Crippen LogP contribution in [0.15, 0.2) is 35.1 Å². The van der Waals surface area contributed by atoms with Crippen molar-refractivity contribution in [1.29, 1.82) is 0 Å². The molecule has 0 saturated carbocycles. The number of ether oxygens (including phenoxy) is 1. The molecule has 1 aliphatic heterocycles. The summed E-state index contributed by atoms with van der Waals surface area (Å²) >= 11 is 0. The minimum absolute atomic E-state index is 0.188. The van der Waals surface area contributed by atoms with Crippen molar-refractivity contribution >= 4 is 0 Å². The molecule has 2 aromatic rings. The monoisotopic (exact) mass is 332 g/mol. The molecule has 24 heavy (non-hydrogen) atoms. The zero-order valence-electron chi connectivity index (χ0n) is 13.9. The molecule has 0 atom stereocenters. The highest BCUT2D eigenvalue weighted by Gasteiger charge is 2.16. The summed E-state index contributed by atoms with van der Waals surface area (Å²) < 4.78 is 20.6. The zero-order chi connectivity index (χ0) is 17.1. The summed E-state index contributed by atoms with van der Waals surface area (Å²) in [6.07, 6.45) is 0. The Balaban J connectivity index is 1.85. The van der Waals surface area contributed by atoms with E-state index in [1.807, 2.05) is 0 Å². The van der Waals surface area contributed by atoms with E-state index in [0.29, 0.717) is 23.7 Å². The van der Waals surface area contributed by atoms with Crippen LogP contribution in [0.25, 0.3) is 11.3 Å². The lowest BCUT2D eigenvalue weighted by molar-refractivity contribution is 0.117. The van der Waals surface area contributed by atoms with Gasteiger partial charge in [-0.15, -0.1) is 0 Å². The average molecular weight is 332 g/mol. The van der Waals surface area contributed by atoms with Crippen molar-refractivity contribution in [2.45, 2.75) is 6.67 Å². The summed E-state index contributed by atoms with van der Waals surface area (Å²) in [5.41, 5.74) is 0.596. The Kier molecular flexibility index (Phi) is 4.92. The summed E-state index contributed by atoms with van der Waals surface area (Å²) in [6.45, 7) is 4.10. The molecule has 6 nitrogen and oxygen atoms in total. The second kappa shape index (κ2) is 7.11. The second-order valence-corrected chi connectivity index (χ2v) is 5.96. The topological polar surface area (TPSA) is 50.6 Å². The van der Waals surface area contributed by atoms with Gasteiger partial charge in [-0.25, -0.2) is 9.07 Å². The van der Waals surface area contributed by atoms with Crippen LogP contribution in [0.4, 0.5) is 4.39 Å². The van der Waals surface area contributed by atoms with Crippen molar-refractivity contribution in [2.75, 3.05) is 40.3 Å². The number of hydrogen-bond donors (Lipinski definition) is 0. The van der Waals surface area contributed by atoms with Crippen LogP contribution in [-0.4, -0.2) is 59.9 Å². The van der Waals surface area contributed by atoms with E-state index in [2.05, 4.69) is 21.9 Å². The molecule has 0 unspecified atom stereocenters. The number of rotatable bonds is 4. The molecule has 128 valence electrons. The molecule has 1 saturated heterocycles. The van der Waals surface area contributed by atoms with Gasteiger partial charge in [-0.2, -0.15) is 5.10 Å². The fourth-order valence-electron chi connectivity index (χ4n) is 2.70. The maximum Gasteiger partial charge on any atom is 0.268 e. The number of methoxy groups -OCH3 is 1. The van der Waals surface area contributed by atoms with Crippen molar-refractivity contribution < 1.29 is 9.13 Å². The Hall–Kier alpha value is -2.25. The van der Waals surface area contributed by atoms with Crippen LogP contribution in [0.5, 0.6) is 5.75 Å². The fourth-order valence-corrected chi connectivity index (χ4v) is 2.70. The fraction of sp³-hybridized carbons (Fsp3) is 0.412. The van der Waals surface area contributed by atoms with Gasteiger partial charge in [-0.3, -0.25) is 9.69 Å². The van der Waals surface area contributed by atoms with Gasteiger partial charge in [0, 0.05) is 43.9 Å². The number of likely N-dealkylation sites (N-methyl/N-ethyl adjacent to an activating group) is 1. The van der Waals surface area contributed by atoms with Crippen molar-refractivity contribution in [2.24, 2.45) is 0 Å². The molecular formula is C17H21FN4O2. The molecule has 0 N–H and O–H groups in total. The maximum atomic E-state index is 14.2. The average Bonchev–Trinajstić information content (AvgIpc) is 2.59. The third-order valence-electron chi connectivity index (χ3n) is 4.25. The number of benzene rings is 1. The molecule has 3 rings (SSSR count). The van der Waals surface area contributed by atoms with E-state index < -0.39 is 5.82 Å². The predicted octanol–water partition coefficient (Wildman–Crippen LogP) is 1.26. The van der Waals surface area contributed by atoms with Crippen molar-refractivity contribution in [3.05, 3.63) is 46.5 Å². The van der Waals surface area contributed by atoms with Gasteiger partial charge in [0.05, 0.1) is 19.5 Å². The van der Waals surface area contributed by atoms with E-state index in [1.165, 1.54) is 23.9 Å². The molecule has 7 heteroatoms. The third kappa shape index (κ3) is 3.63. The van der Waals surface area contributed by atoms with Crippen molar-refractivity contribution in [3.8, 4) is 17.0 Å². The summed E-state index contributed by atoms with van der Waals surface area (Å²) in [5, 5.41) is 4.34. The van der Waals surface area contributed by atoms with E-state index in [1.54, 1.807) is 18.2 Å². The van der Waals surface area contributed by atoms with Gasteiger partial charge >= 0.3 is 0 Å². The molecule has 0 aliphatic carbocycles. The normalized spacial score (nSPS) is 16.3. The highest BCUT2D eigenvalue weighted by atomic mass is 19.1. The molecule has 0 bridgehead atoms. The second-order valence-electron chi connectivity index (χ2n) is 5.96. The van der Waals surface area contributed by atoms with E-state index in [-0.39, 0.29) is 5.56 Å². The van der Waals surface area contributed by atoms with Gasteiger partial charge in [-0.1, -0.05) is 0 Å². The maximum absolute atomic E-state index is 14.2. The number of piperazine rings is 1. The lowest BCUT2D eigenvalue weighted by Gasteiger charge is -2.32. The number of halogens is 1. The lowest BCUT2D eigenvalue weighted by atomic mass is 10.1. The first kappa shape index (κ1) is 16.6. The molecule has 1 aromatic carbocycles. The van der Waals surface area contributed by atoms with Gasteiger partial charge in [0.15, 0.2) is 0 Å². The molecular weight excluding hydrogens is 311 g/mol. The summed E-state index contributed by atoms with van der Waals surface area (Å²) in [6, 6.07) is 7.58. The van der Waals surface area contributed by atoms with Crippen molar-refractivity contribution in [1.82, 2.24) is 19.6 Å². The third-order valence-corrected chi connectivity index (χ3v) is 4.25. The standard InChI is InChI=1S/C17H21FN4O2/c1-20-7-9-21(10-8-20)12-22-17(23)6-5-16(19-22)14-4-3-13(24-2)11-15(14)18/h3-6,11H,7-10,12H2,1-2H3. The summed E-state index contributed by atoms with van der Waals surface area (Å²) in [4.78, 5) is 16.5. The highest BCUT2D eigenvalue weighted by Crippen LogP contribution is 2.24. The van der Waals surface area contributed by atoms with Crippen LogP contribution < -0.4 is 10.3 Å². The molecule has 1 fully saturated rings. The quantitative estimate of drug-likeness (QED) is 0.844. The van der Waals surface area contributed by atoms with Gasteiger partial charge in [0.1, 0.15) is 11.6 Å². The molecule has 1 aliphatic rings. The van der Waals surface area contributed by atoms with E-state index >= 15 is 0 Å². The summed E-state index contributed by atoms with van der Waals surface area (Å²) in [7, 11) is 3.57. The first-order chi connectivity index (χ1) is 11.6. The largest absolute Gasteiger partial charge is 0.497 e. The summed E-state index contributed by atoms with van der Waals surface area (Å²) in [5.74, 6) is 0.0219. The van der Waals surface area contributed by atoms with Crippen LogP contribution in [0.3, 0.4) is 0 Å². The van der Waals surface area contributed by atoms with Gasteiger partial charge in [-0.05, 0) is 25.2 Å². The molecule has 2 heterocycles. The van der Waals surface area contributed by atoms with Gasteiger partial charge < -0.3 is 9.64 Å². The number of nitrogens with zero attached hydrogens (tertiary/aromatic N) is 4. The SMILES string of the molecule is COc1ccc(-c2ccc(=O)n(CN3CCN(C)CC3)n2)c(F)c1. The Morgan fingerprint density at radius 2 is 1.92 bits per heavy atom. The van der Waals surface area contributed by atoms with E-state index in [0.717, 1.165) is 26.2 Å². The Morgan fingerprint density at radius 1 is 1.17 bits per heavy atom. The van der Waals surface area contributed by atoms with Crippen LogP contribution in [0.2, 0.25) is 0 Å². The molecule has 1 aromatic heterocycles. The first-order valence-electron chi connectivity index (χ1n) is 7.90. The zero-order valence-corrected chi connectivity index (χ0v) is 13.9. The van der Waals surface area contributed by atoms with Gasteiger partial charge in [0.2, 0.25) is 0 Å². The Labute approximate surface area is 140 Å². The highest BCUT2D eigenvalue weighted by molar-refractivity contribution is 5.60. The Bertz CT molecular complexity index is 769. The smallest absolute Gasteiger partial charge is 0.268 e. The van der Waals surface area contributed by atoms with Crippen molar-refractivity contribution in [3.63, 3.8) is 0 Å². The van der Waals surface area contributed by atoms with Crippen LogP contribution in [0, 0.1) is 5.82 Å². The lowest BCUT2D eigenvalue weighted by Crippen LogP contribution is -2.46. The number of aromatic nitrogens is 2. The minimum Gasteiger partial charge on any atom is -0.497 e. The van der Waals surface area contributed by atoms with Crippen LogP contribution in [0.1, 0.15) is 0 Å². The van der Waals surface area contributed by atoms with Crippen LogP contribution >= 0.6 is 0 Å². The van der Waals surface area contributed by atoms with E-state index in [4.69, 9.17) is 4.74 Å². The number of hydrogen-bond acceptors (Lipinski definition) is 5. The van der Waals surface area contributed by atoms with Gasteiger partial charge in [0.25, 0.3) is 5.56 Å². The molecule has 0 radical (unpaired) electrons. The first-order valence-corrected chi connectivity index (χ1v) is 7.90. The van der Waals surface area contributed by atoms with E-state index in [9.17, 15) is 9.18 Å². The Morgan fingerprint density at radius 3 is 2.58 bits per heavy atom.